The Hall–Kier alpha value is -4.45. The molecule has 0 unspecified atom stereocenters. The van der Waals surface area contributed by atoms with Crippen LogP contribution in [0.15, 0.2) is 36.9 Å². The number of nitrogens with one attached hydrogen (secondary N) is 3. The maximum Gasteiger partial charge on any atom is 0.227 e. The van der Waals surface area contributed by atoms with Crippen molar-refractivity contribution in [3.05, 3.63) is 42.7 Å². The quantitative estimate of drug-likeness (QED) is 0.292. The highest BCUT2D eigenvalue weighted by Gasteiger charge is 2.24. The third-order valence-electron chi connectivity index (χ3n) is 8.23. The Labute approximate surface area is 235 Å². The van der Waals surface area contributed by atoms with Crippen LogP contribution in [0.2, 0.25) is 0 Å². The van der Waals surface area contributed by atoms with E-state index >= 15 is 4.39 Å². The van der Waals surface area contributed by atoms with E-state index in [2.05, 4.69) is 52.3 Å². The number of hydrogen-bond donors (Lipinski definition) is 3. The molecule has 0 aromatic carbocycles. The second-order valence-electron chi connectivity index (χ2n) is 11.0. The standard InChI is InChI=1S/C29H31FN10O/c1-39-9-11-40(12-10-39)28-24-21(7-8-32-28)35-27(36-24)25-22-23(30)20(16-33-26(22)38-37-25)18-13-19(15-31-14-18)34-29(41)17-5-3-2-4-6-17/h7-8,13-17H,2-6,9-12H2,1H3,(H,34,41)(H,35,36)(H,33,37,38). The Morgan fingerprint density at radius 2 is 1.90 bits per heavy atom. The minimum Gasteiger partial charge on any atom is -0.352 e. The molecule has 1 aliphatic heterocycles. The fourth-order valence-corrected chi connectivity index (χ4v) is 5.88. The van der Waals surface area contributed by atoms with Crippen molar-refractivity contribution >= 4 is 39.5 Å². The number of anilines is 2. The smallest absolute Gasteiger partial charge is 0.227 e. The van der Waals surface area contributed by atoms with E-state index in [1.165, 1.54) is 12.6 Å². The van der Waals surface area contributed by atoms with Gasteiger partial charge in [-0.05, 0) is 32.0 Å². The fraction of sp³-hybridized carbons (Fsp3) is 0.379. The number of rotatable bonds is 5. The van der Waals surface area contributed by atoms with Crippen LogP contribution in [0.5, 0.6) is 0 Å². The molecule has 5 aromatic rings. The van der Waals surface area contributed by atoms with E-state index < -0.39 is 5.82 Å². The lowest BCUT2D eigenvalue weighted by Crippen LogP contribution is -2.44. The van der Waals surface area contributed by atoms with Crippen molar-refractivity contribution in [2.75, 3.05) is 43.4 Å². The number of aromatic amines is 2. The molecular weight excluding hydrogens is 523 g/mol. The molecule has 0 radical (unpaired) electrons. The molecule has 6 heterocycles. The number of carbonyl (C=O) groups is 1. The van der Waals surface area contributed by atoms with Gasteiger partial charge in [0.2, 0.25) is 5.91 Å². The number of imidazole rings is 1. The molecule has 7 rings (SSSR count). The van der Waals surface area contributed by atoms with Crippen molar-refractivity contribution in [3.63, 3.8) is 0 Å². The van der Waals surface area contributed by atoms with Crippen molar-refractivity contribution in [3.8, 4) is 22.6 Å². The molecule has 0 spiro atoms. The van der Waals surface area contributed by atoms with Gasteiger partial charge in [0.05, 0.1) is 22.8 Å². The van der Waals surface area contributed by atoms with E-state index in [1.807, 2.05) is 6.07 Å². The number of pyridine rings is 3. The average Bonchev–Trinajstić information content (AvgIpc) is 3.63. The van der Waals surface area contributed by atoms with Crippen molar-refractivity contribution in [1.29, 1.82) is 0 Å². The third-order valence-corrected chi connectivity index (χ3v) is 8.23. The van der Waals surface area contributed by atoms with Gasteiger partial charge in [-0.25, -0.2) is 19.3 Å². The largest absolute Gasteiger partial charge is 0.352 e. The summed E-state index contributed by atoms with van der Waals surface area (Å²) in [6, 6.07) is 3.59. The summed E-state index contributed by atoms with van der Waals surface area (Å²) in [4.78, 5) is 38.7. The Morgan fingerprint density at radius 1 is 1.07 bits per heavy atom. The molecule has 1 saturated carbocycles. The monoisotopic (exact) mass is 554 g/mol. The first kappa shape index (κ1) is 25.5. The molecule has 12 heteroatoms. The van der Waals surface area contributed by atoms with Gasteiger partial charge in [0.25, 0.3) is 0 Å². The van der Waals surface area contributed by atoms with Gasteiger partial charge in [-0.3, -0.25) is 14.9 Å². The van der Waals surface area contributed by atoms with E-state index in [4.69, 9.17) is 4.98 Å². The minimum absolute atomic E-state index is 0.00595. The van der Waals surface area contributed by atoms with E-state index in [-0.39, 0.29) is 22.8 Å². The van der Waals surface area contributed by atoms with Crippen molar-refractivity contribution in [2.45, 2.75) is 32.1 Å². The maximum atomic E-state index is 16.2. The summed E-state index contributed by atoms with van der Waals surface area (Å²) in [5.74, 6) is 0.736. The molecule has 3 N–H and O–H groups in total. The SMILES string of the molecule is CN1CCN(c2nccc3[nH]c(-c4n[nH]c5ncc(-c6cncc(NC(=O)C7CCCCC7)c6)c(F)c45)nc23)CC1. The van der Waals surface area contributed by atoms with Gasteiger partial charge in [0.15, 0.2) is 17.3 Å². The van der Waals surface area contributed by atoms with Crippen LogP contribution in [0, 0.1) is 11.7 Å². The zero-order valence-corrected chi connectivity index (χ0v) is 22.8. The average molecular weight is 555 g/mol. The number of fused-ring (bicyclic) bond motifs is 2. The number of H-pyrrole nitrogens is 2. The van der Waals surface area contributed by atoms with Gasteiger partial charge < -0.3 is 20.1 Å². The molecular formula is C29H31FN10O. The van der Waals surface area contributed by atoms with E-state index in [0.717, 1.165) is 68.7 Å². The molecule has 41 heavy (non-hydrogen) atoms. The maximum absolute atomic E-state index is 16.2. The second kappa shape index (κ2) is 10.5. The number of amides is 1. The number of likely N-dealkylation sites (N-methyl/N-ethyl adjacent to an activating group) is 1. The molecule has 11 nitrogen and oxygen atoms in total. The molecule has 2 fully saturated rings. The molecule has 2 aliphatic rings. The van der Waals surface area contributed by atoms with Crippen LogP contribution >= 0.6 is 0 Å². The van der Waals surface area contributed by atoms with Crippen LogP contribution in [0.4, 0.5) is 15.9 Å². The Morgan fingerprint density at radius 3 is 2.73 bits per heavy atom. The summed E-state index contributed by atoms with van der Waals surface area (Å²) in [7, 11) is 2.11. The first-order valence-corrected chi connectivity index (χ1v) is 14.1. The van der Waals surface area contributed by atoms with Crippen LogP contribution in [-0.2, 0) is 4.79 Å². The van der Waals surface area contributed by atoms with Gasteiger partial charge in [-0.15, -0.1) is 0 Å². The predicted octanol–water partition coefficient (Wildman–Crippen LogP) is 4.37. The molecule has 0 atom stereocenters. The van der Waals surface area contributed by atoms with Crippen LogP contribution in [0.1, 0.15) is 32.1 Å². The van der Waals surface area contributed by atoms with E-state index in [1.54, 1.807) is 24.7 Å². The first-order valence-electron chi connectivity index (χ1n) is 14.1. The number of hydrogen-bond acceptors (Lipinski definition) is 8. The molecule has 0 bridgehead atoms. The predicted molar refractivity (Wildman–Crippen MR) is 155 cm³/mol. The summed E-state index contributed by atoms with van der Waals surface area (Å²) in [6.07, 6.45) is 11.5. The number of aromatic nitrogens is 7. The Balaban J connectivity index is 1.22. The number of piperazine rings is 1. The Kier molecular flexibility index (Phi) is 6.54. The molecule has 5 aromatic heterocycles. The lowest BCUT2D eigenvalue weighted by atomic mass is 9.88. The van der Waals surface area contributed by atoms with E-state index in [9.17, 15) is 4.79 Å². The van der Waals surface area contributed by atoms with Gasteiger partial charge >= 0.3 is 0 Å². The van der Waals surface area contributed by atoms with Gasteiger partial charge in [-0.2, -0.15) is 5.10 Å². The van der Waals surface area contributed by atoms with Crippen LogP contribution in [0.25, 0.3) is 44.7 Å². The zero-order chi connectivity index (χ0) is 27.9. The number of halogens is 1. The zero-order valence-electron chi connectivity index (χ0n) is 22.8. The van der Waals surface area contributed by atoms with Crippen LogP contribution < -0.4 is 10.2 Å². The lowest BCUT2D eigenvalue weighted by Gasteiger charge is -2.33. The molecule has 1 amide bonds. The highest BCUT2D eigenvalue weighted by atomic mass is 19.1. The van der Waals surface area contributed by atoms with Gasteiger partial charge in [0.1, 0.15) is 17.0 Å². The summed E-state index contributed by atoms with van der Waals surface area (Å²) in [5, 5.41) is 10.4. The highest BCUT2D eigenvalue weighted by molar-refractivity contribution is 5.96. The summed E-state index contributed by atoms with van der Waals surface area (Å²) in [6.45, 7) is 3.59. The second-order valence-corrected chi connectivity index (χ2v) is 11.0. The van der Waals surface area contributed by atoms with Gasteiger partial charge in [-0.1, -0.05) is 19.3 Å². The van der Waals surface area contributed by atoms with Crippen molar-refractivity contribution in [2.24, 2.45) is 5.92 Å². The fourth-order valence-electron chi connectivity index (χ4n) is 5.88. The Bertz CT molecular complexity index is 1730. The number of carbonyl (C=O) groups excluding carboxylic acids is 1. The first-order chi connectivity index (χ1) is 20.0. The molecule has 210 valence electrons. The van der Waals surface area contributed by atoms with E-state index in [0.29, 0.717) is 28.4 Å². The third kappa shape index (κ3) is 4.77. The molecule has 1 aliphatic carbocycles. The van der Waals surface area contributed by atoms with Crippen LogP contribution in [-0.4, -0.2) is 79.2 Å². The summed E-state index contributed by atoms with van der Waals surface area (Å²) >= 11 is 0. The lowest BCUT2D eigenvalue weighted by molar-refractivity contribution is -0.120. The number of nitrogens with zero attached hydrogens (tertiary/aromatic N) is 7. The van der Waals surface area contributed by atoms with Gasteiger partial charge in [0, 0.05) is 61.8 Å². The van der Waals surface area contributed by atoms with Crippen molar-refractivity contribution in [1.82, 2.24) is 40.0 Å². The normalized spacial score (nSPS) is 17.0. The molecule has 1 saturated heterocycles. The highest BCUT2D eigenvalue weighted by Crippen LogP contribution is 2.34. The summed E-state index contributed by atoms with van der Waals surface area (Å²) < 4.78 is 16.2. The van der Waals surface area contributed by atoms with Crippen LogP contribution in [0.3, 0.4) is 0 Å². The topological polar surface area (TPSA) is 132 Å². The minimum atomic E-state index is -0.492. The summed E-state index contributed by atoms with van der Waals surface area (Å²) in [5.41, 5.74) is 3.48. The van der Waals surface area contributed by atoms with Crippen molar-refractivity contribution < 1.29 is 9.18 Å².